The predicted molar refractivity (Wildman–Crippen MR) is 75.0 cm³/mol. The molecule has 0 saturated heterocycles. The van der Waals surface area contributed by atoms with E-state index in [-0.39, 0.29) is 0 Å². The molecular weight excluding hydrogens is 214 g/mol. The molecule has 84 valence electrons. The number of hydrogen-bond donors (Lipinski definition) is 1. The highest BCUT2D eigenvalue weighted by atomic mass is 32.1. The molecule has 0 bridgehead atoms. The quantitative estimate of drug-likeness (QED) is 0.751. The van der Waals surface area contributed by atoms with Crippen LogP contribution in [0.2, 0.25) is 0 Å². The molecule has 0 aliphatic heterocycles. The molecule has 1 aromatic carbocycles. The summed E-state index contributed by atoms with van der Waals surface area (Å²) in [4.78, 5) is 0. The van der Waals surface area contributed by atoms with Gasteiger partial charge < -0.3 is 0 Å². The van der Waals surface area contributed by atoms with Gasteiger partial charge in [-0.1, -0.05) is 50.9 Å². The zero-order chi connectivity index (χ0) is 11.5. The summed E-state index contributed by atoms with van der Waals surface area (Å²) in [6.07, 6.45) is 6.45. The fourth-order valence-corrected chi connectivity index (χ4v) is 2.44. The Balaban J connectivity index is 2.71. The highest BCUT2D eigenvalue weighted by molar-refractivity contribution is 7.78. The van der Waals surface area contributed by atoms with Gasteiger partial charge in [-0.2, -0.15) is 0 Å². The summed E-state index contributed by atoms with van der Waals surface area (Å²) >= 11 is 4.58. The number of hydrogen-bond acceptors (Lipinski definition) is 1. The molecule has 2 rings (SSSR count). The van der Waals surface area contributed by atoms with Gasteiger partial charge in [-0.15, -0.1) is 0 Å². The molecule has 0 saturated carbocycles. The highest BCUT2D eigenvalue weighted by Crippen LogP contribution is 2.28. The van der Waals surface area contributed by atoms with Crippen LogP contribution in [0, 0.1) is 0 Å². The van der Waals surface area contributed by atoms with Crippen LogP contribution in [-0.4, -0.2) is 3.97 Å². The number of allylic oxidation sites excluding steroid dienone is 1. The third kappa shape index (κ3) is 1.78. The van der Waals surface area contributed by atoms with E-state index in [0.717, 1.165) is 12.8 Å². The fourth-order valence-electron chi connectivity index (χ4n) is 2.08. The molecule has 0 amide bonds. The third-order valence-electron chi connectivity index (χ3n) is 2.86. The Morgan fingerprint density at radius 3 is 2.69 bits per heavy atom. The molecular formula is C14H17NS. The standard InChI is InChI=1S/C14H17NS/c1-3-5-9-13-11(4-2)12-8-6-7-10-14(12)15(13)16/h5-10,16H,3-4H2,1-2H3/b9-5-. The molecule has 0 unspecified atom stereocenters. The first kappa shape index (κ1) is 11.3. The number of para-hydroxylation sites is 1. The van der Waals surface area contributed by atoms with Crippen molar-refractivity contribution in [2.24, 2.45) is 0 Å². The predicted octanol–water partition coefficient (Wildman–Crippen LogP) is 4.32. The normalized spacial score (nSPS) is 11.7. The lowest BCUT2D eigenvalue weighted by atomic mass is 10.1. The summed E-state index contributed by atoms with van der Waals surface area (Å²) in [6.45, 7) is 4.34. The van der Waals surface area contributed by atoms with Crippen LogP contribution in [0.1, 0.15) is 31.5 Å². The highest BCUT2D eigenvalue weighted by Gasteiger charge is 2.10. The van der Waals surface area contributed by atoms with Crippen molar-refractivity contribution in [1.82, 2.24) is 3.97 Å². The Labute approximate surface area is 102 Å². The molecule has 1 nitrogen and oxygen atoms in total. The molecule has 2 heteroatoms. The van der Waals surface area contributed by atoms with E-state index in [1.807, 2.05) is 3.97 Å². The largest absolute Gasteiger partial charge is 0.286 e. The van der Waals surface area contributed by atoms with Crippen molar-refractivity contribution in [2.45, 2.75) is 26.7 Å². The van der Waals surface area contributed by atoms with Gasteiger partial charge in [-0.25, -0.2) is 0 Å². The van der Waals surface area contributed by atoms with Crippen LogP contribution in [0.4, 0.5) is 0 Å². The Hall–Kier alpha value is -1.15. The topological polar surface area (TPSA) is 4.93 Å². The van der Waals surface area contributed by atoms with Crippen molar-refractivity contribution in [1.29, 1.82) is 0 Å². The Bertz CT molecular complexity index is 523. The zero-order valence-corrected chi connectivity index (χ0v) is 10.7. The van der Waals surface area contributed by atoms with Crippen molar-refractivity contribution in [2.75, 3.05) is 0 Å². The number of aromatic nitrogens is 1. The summed E-state index contributed by atoms with van der Waals surface area (Å²) < 4.78 is 1.99. The zero-order valence-electron chi connectivity index (χ0n) is 9.77. The maximum absolute atomic E-state index is 4.58. The van der Waals surface area contributed by atoms with Crippen LogP contribution in [0.3, 0.4) is 0 Å². The van der Waals surface area contributed by atoms with Gasteiger partial charge in [0.15, 0.2) is 0 Å². The van der Waals surface area contributed by atoms with Gasteiger partial charge >= 0.3 is 0 Å². The number of benzene rings is 1. The molecule has 0 atom stereocenters. The Morgan fingerprint density at radius 1 is 1.25 bits per heavy atom. The van der Waals surface area contributed by atoms with Gasteiger partial charge in [0.05, 0.1) is 11.2 Å². The summed E-state index contributed by atoms with van der Waals surface area (Å²) in [5.41, 5.74) is 3.79. The van der Waals surface area contributed by atoms with Crippen molar-refractivity contribution >= 4 is 29.8 Å². The van der Waals surface area contributed by atoms with Crippen LogP contribution in [-0.2, 0) is 6.42 Å². The number of thiol groups is 1. The SMILES string of the molecule is CC/C=C\c1c(CC)c2ccccc2n1S. The lowest BCUT2D eigenvalue weighted by Crippen LogP contribution is -1.86. The fraction of sp³-hybridized carbons (Fsp3) is 0.286. The first-order valence-electron chi connectivity index (χ1n) is 5.77. The molecule has 0 spiro atoms. The number of fused-ring (bicyclic) bond motifs is 1. The lowest BCUT2D eigenvalue weighted by Gasteiger charge is -1.99. The van der Waals surface area contributed by atoms with Gasteiger partial charge in [0.25, 0.3) is 0 Å². The second-order valence-electron chi connectivity index (χ2n) is 3.86. The third-order valence-corrected chi connectivity index (χ3v) is 3.29. The minimum atomic E-state index is 1.04. The van der Waals surface area contributed by atoms with Crippen molar-refractivity contribution < 1.29 is 0 Å². The van der Waals surface area contributed by atoms with E-state index in [9.17, 15) is 0 Å². The van der Waals surface area contributed by atoms with Gasteiger partial charge in [0.1, 0.15) is 0 Å². The summed E-state index contributed by atoms with van der Waals surface area (Å²) in [5.74, 6) is 0. The van der Waals surface area contributed by atoms with E-state index < -0.39 is 0 Å². The van der Waals surface area contributed by atoms with Crippen LogP contribution in [0.15, 0.2) is 30.3 Å². The molecule has 2 aromatic rings. The Kier molecular flexibility index (Phi) is 3.39. The molecule has 0 fully saturated rings. The summed E-state index contributed by atoms with van der Waals surface area (Å²) in [6, 6.07) is 8.43. The van der Waals surface area contributed by atoms with Gasteiger partial charge in [0.2, 0.25) is 0 Å². The molecule has 0 aliphatic rings. The Morgan fingerprint density at radius 2 is 2.00 bits per heavy atom. The van der Waals surface area contributed by atoms with E-state index in [2.05, 4.69) is 63.1 Å². The van der Waals surface area contributed by atoms with Gasteiger partial charge in [-0.05, 0) is 30.5 Å². The number of rotatable bonds is 3. The average Bonchev–Trinajstić information content (AvgIpc) is 2.60. The molecule has 0 radical (unpaired) electrons. The number of nitrogens with zero attached hydrogens (tertiary/aromatic N) is 1. The number of aryl methyl sites for hydroxylation is 1. The van der Waals surface area contributed by atoms with Gasteiger partial charge in [-0.3, -0.25) is 3.97 Å². The van der Waals surface area contributed by atoms with Crippen LogP contribution in [0.25, 0.3) is 17.0 Å². The van der Waals surface area contributed by atoms with Crippen LogP contribution < -0.4 is 0 Å². The van der Waals surface area contributed by atoms with Crippen molar-refractivity contribution in [3.05, 3.63) is 41.6 Å². The molecule has 0 N–H and O–H groups in total. The lowest BCUT2D eigenvalue weighted by molar-refractivity contribution is 1.13. The minimum Gasteiger partial charge on any atom is -0.286 e. The first-order valence-corrected chi connectivity index (χ1v) is 6.17. The monoisotopic (exact) mass is 231 g/mol. The van der Waals surface area contributed by atoms with Gasteiger partial charge in [0, 0.05) is 5.39 Å². The van der Waals surface area contributed by atoms with E-state index >= 15 is 0 Å². The van der Waals surface area contributed by atoms with Crippen molar-refractivity contribution in [3.63, 3.8) is 0 Å². The van der Waals surface area contributed by atoms with E-state index in [0.29, 0.717) is 0 Å². The van der Waals surface area contributed by atoms with Crippen LogP contribution >= 0.6 is 12.8 Å². The maximum atomic E-state index is 4.58. The van der Waals surface area contributed by atoms with E-state index in [1.54, 1.807) is 0 Å². The summed E-state index contributed by atoms with van der Waals surface area (Å²) in [5, 5.41) is 1.32. The van der Waals surface area contributed by atoms with E-state index in [1.165, 1.54) is 22.2 Å². The van der Waals surface area contributed by atoms with Crippen molar-refractivity contribution in [3.8, 4) is 0 Å². The van der Waals surface area contributed by atoms with E-state index in [4.69, 9.17) is 0 Å². The average molecular weight is 231 g/mol. The summed E-state index contributed by atoms with van der Waals surface area (Å²) in [7, 11) is 0. The smallest absolute Gasteiger partial charge is 0.0598 e. The molecule has 1 aromatic heterocycles. The molecule has 16 heavy (non-hydrogen) atoms. The van der Waals surface area contributed by atoms with Crippen LogP contribution in [0.5, 0.6) is 0 Å². The minimum absolute atomic E-state index is 1.04. The molecule has 1 heterocycles. The maximum Gasteiger partial charge on any atom is 0.0598 e. The first-order chi connectivity index (χ1) is 7.79. The molecule has 0 aliphatic carbocycles. The second kappa shape index (κ2) is 4.79. The second-order valence-corrected chi connectivity index (χ2v) is 4.26.